The number of benzene rings is 1. The maximum atomic E-state index is 13.9. The molecule has 1 amide bonds. The third kappa shape index (κ3) is 7.13. The molecule has 0 aromatic heterocycles. The van der Waals surface area contributed by atoms with E-state index in [-0.39, 0.29) is 17.4 Å². The number of Topliss-reactive ketones (excluding diaryl/α,β-unsaturated/α-hetero) is 1. The van der Waals surface area contributed by atoms with Gasteiger partial charge >= 0.3 is 0 Å². The molecule has 1 saturated heterocycles. The summed E-state index contributed by atoms with van der Waals surface area (Å²) in [5, 5.41) is 2.86. The molecule has 0 radical (unpaired) electrons. The van der Waals surface area contributed by atoms with Crippen LogP contribution in [0, 0.1) is 5.82 Å². The number of thioether (sulfide) groups is 1. The minimum Gasteiger partial charge on any atom is -0.379 e. The van der Waals surface area contributed by atoms with Gasteiger partial charge in [0.05, 0.1) is 19.0 Å². The van der Waals surface area contributed by atoms with Gasteiger partial charge in [-0.05, 0) is 38.4 Å². The van der Waals surface area contributed by atoms with E-state index in [1.165, 1.54) is 13.0 Å². The highest BCUT2D eigenvalue weighted by atomic mass is 32.2. The lowest BCUT2D eigenvalue weighted by Gasteiger charge is -2.26. The molecule has 1 heterocycles. The summed E-state index contributed by atoms with van der Waals surface area (Å²) in [6.45, 7) is 6.63. The number of carbonyl (C=O) groups excluding carboxylic acids is 2. The first-order valence-electron chi connectivity index (χ1n) is 8.56. The standard InChI is InChI=1S/C18H25FN2O3S/c1-14(22)15-4-5-17(16(19)12-15)25-13-18(23)20-6-2-3-7-21-8-10-24-11-9-21/h4-5,12H,2-3,6-11,13H2,1H3,(H,20,23). The molecule has 7 heteroatoms. The van der Waals surface area contributed by atoms with E-state index in [0.29, 0.717) is 17.0 Å². The first-order valence-corrected chi connectivity index (χ1v) is 9.55. The molecular formula is C18H25FN2O3S. The molecule has 1 aliphatic rings. The monoisotopic (exact) mass is 368 g/mol. The van der Waals surface area contributed by atoms with Crippen LogP contribution in [0.4, 0.5) is 4.39 Å². The number of hydrogen-bond acceptors (Lipinski definition) is 5. The average Bonchev–Trinajstić information content (AvgIpc) is 2.61. The smallest absolute Gasteiger partial charge is 0.230 e. The third-order valence-corrected chi connectivity index (χ3v) is 5.07. The molecule has 0 bridgehead atoms. The van der Waals surface area contributed by atoms with Gasteiger partial charge < -0.3 is 10.1 Å². The van der Waals surface area contributed by atoms with Gasteiger partial charge in [0.1, 0.15) is 5.82 Å². The average molecular weight is 368 g/mol. The van der Waals surface area contributed by atoms with Crippen LogP contribution in [0.5, 0.6) is 0 Å². The van der Waals surface area contributed by atoms with Gasteiger partial charge in [-0.25, -0.2) is 4.39 Å². The fourth-order valence-electron chi connectivity index (χ4n) is 2.54. The quantitative estimate of drug-likeness (QED) is 0.412. The van der Waals surface area contributed by atoms with Crippen LogP contribution >= 0.6 is 11.8 Å². The Labute approximate surface area is 152 Å². The molecule has 1 N–H and O–H groups in total. The minimum atomic E-state index is -0.462. The Morgan fingerprint density at radius 3 is 2.72 bits per heavy atom. The first kappa shape index (κ1) is 19.9. The number of carbonyl (C=O) groups is 2. The van der Waals surface area contributed by atoms with E-state index >= 15 is 0 Å². The summed E-state index contributed by atoms with van der Waals surface area (Å²) in [5.74, 6) is -0.576. The number of amides is 1. The minimum absolute atomic E-state index is 0.105. The Morgan fingerprint density at radius 2 is 2.04 bits per heavy atom. The highest BCUT2D eigenvalue weighted by Gasteiger charge is 2.10. The third-order valence-electron chi connectivity index (χ3n) is 4.02. The predicted octanol–water partition coefficient (Wildman–Crippen LogP) is 2.35. The van der Waals surface area contributed by atoms with E-state index in [9.17, 15) is 14.0 Å². The topological polar surface area (TPSA) is 58.6 Å². The lowest BCUT2D eigenvalue weighted by molar-refractivity contribution is -0.118. The molecular weight excluding hydrogens is 343 g/mol. The van der Waals surface area contributed by atoms with Crippen LogP contribution in [0.25, 0.3) is 0 Å². The molecule has 1 aromatic carbocycles. The fraction of sp³-hybridized carbons (Fsp3) is 0.556. The lowest BCUT2D eigenvalue weighted by atomic mass is 10.1. The number of halogens is 1. The Kier molecular flexibility index (Phi) is 8.37. The summed E-state index contributed by atoms with van der Waals surface area (Å²) in [5.41, 5.74) is 0.339. The van der Waals surface area contributed by atoms with Crippen LogP contribution in [0.2, 0.25) is 0 Å². The molecule has 0 spiro atoms. The van der Waals surface area contributed by atoms with Crippen molar-refractivity contribution in [1.82, 2.24) is 10.2 Å². The van der Waals surface area contributed by atoms with E-state index in [1.54, 1.807) is 12.1 Å². The van der Waals surface area contributed by atoms with Crippen LogP contribution in [0.1, 0.15) is 30.1 Å². The summed E-state index contributed by atoms with van der Waals surface area (Å²) in [6.07, 6.45) is 1.96. The summed E-state index contributed by atoms with van der Waals surface area (Å²) < 4.78 is 19.2. The Bertz CT molecular complexity index is 592. The summed E-state index contributed by atoms with van der Waals surface area (Å²) in [7, 11) is 0. The van der Waals surface area contributed by atoms with E-state index in [0.717, 1.165) is 57.5 Å². The summed E-state index contributed by atoms with van der Waals surface area (Å²) in [6, 6.07) is 4.35. The van der Waals surface area contributed by atoms with Gasteiger partial charge in [0.25, 0.3) is 0 Å². The van der Waals surface area contributed by atoms with Crippen LogP contribution in [0.3, 0.4) is 0 Å². The molecule has 1 fully saturated rings. The number of morpholine rings is 1. The zero-order valence-corrected chi connectivity index (χ0v) is 15.4. The Morgan fingerprint density at radius 1 is 1.28 bits per heavy atom. The van der Waals surface area contributed by atoms with Crippen LogP contribution < -0.4 is 5.32 Å². The molecule has 25 heavy (non-hydrogen) atoms. The number of unbranched alkanes of at least 4 members (excludes halogenated alkanes) is 1. The number of ether oxygens (including phenoxy) is 1. The van der Waals surface area contributed by atoms with E-state index in [2.05, 4.69) is 10.2 Å². The normalized spacial score (nSPS) is 15.1. The Hall–Kier alpha value is -1.44. The maximum Gasteiger partial charge on any atom is 0.230 e. The van der Waals surface area contributed by atoms with Gasteiger partial charge in [-0.3, -0.25) is 14.5 Å². The maximum absolute atomic E-state index is 13.9. The molecule has 0 atom stereocenters. The molecule has 2 rings (SSSR count). The highest BCUT2D eigenvalue weighted by Crippen LogP contribution is 2.22. The number of ketones is 1. The van der Waals surface area contributed by atoms with E-state index in [1.807, 2.05) is 0 Å². The zero-order chi connectivity index (χ0) is 18.1. The molecule has 0 aliphatic carbocycles. The summed E-state index contributed by atoms with van der Waals surface area (Å²) in [4.78, 5) is 25.8. The van der Waals surface area contributed by atoms with Crippen LogP contribution in [-0.2, 0) is 9.53 Å². The molecule has 1 aromatic rings. The molecule has 0 saturated carbocycles. The van der Waals surface area contributed by atoms with Crippen molar-refractivity contribution in [2.24, 2.45) is 0 Å². The van der Waals surface area contributed by atoms with E-state index < -0.39 is 5.82 Å². The van der Waals surface area contributed by atoms with E-state index in [4.69, 9.17) is 4.74 Å². The van der Waals surface area contributed by atoms with Crippen molar-refractivity contribution in [3.63, 3.8) is 0 Å². The summed E-state index contributed by atoms with van der Waals surface area (Å²) >= 11 is 1.14. The van der Waals surface area contributed by atoms with Gasteiger partial charge in [0, 0.05) is 30.1 Å². The van der Waals surface area contributed by atoms with Gasteiger partial charge in [-0.1, -0.05) is 6.07 Å². The van der Waals surface area contributed by atoms with Gasteiger partial charge in [-0.15, -0.1) is 11.8 Å². The fourth-order valence-corrected chi connectivity index (χ4v) is 3.29. The number of nitrogens with one attached hydrogen (secondary N) is 1. The van der Waals surface area contributed by atoms with Crippen molar-refractivity contribution in [3.05, 3.63) is 29.6 Å². The van der Waals surface area contributed by atoms with Gasteiger partial charge in [0.2, 0.25) is 5.91 Å². The molecule has 138 valence electrons. The molecule has 1 aliphatic heterocycles. The predicted molar refractivity (Wildman–Crippen MR) is 96.6 cm³/mol. The van der Waals surface area contributed by atoms with Gasteiger partial charge in [-0.2, -0.15) is 0 Å². The molecule has 0 unspecified atom stereocenters. The van der Waals surface area contributed by atoms with Crippen molar-refractivity contribution < 1.29 is 18.7 Å². The lowest BCUT2D eigenvalue weighted by Crippen LogP contribution is -2.37. The van der Waals surface area contributed by atoms with Crippen LogP contribution in [0.15, 0.2) is 23.1 Å². The Balaban J connectivity index is 1.60. The van der Waals surface area contributed by atoms with Crippen LogP contribution in [-0.4, -0.2) is 61.7 Å². The second kappa shape index (κ2) is 10.5. The number of nitrogens with zero attached hydrogens (tertiary/aromatic N) is 1. The molecule has 5 nitrogen and oxygen atoms in total. The van der Waals surface area contributed by atoms with Gasteiger partial charge in [0.15, 0.2) is 5.78 Å². The second-order valence-electron chi connectivity index (χ2n) is 6.00. The number of rotatable bonds is 9. The highest BCUT2D eigenvalue weighted by molar-refractivity contribution is 8.00. The SMILES string of the molecule is CC(=O)c1ccc(SCC(=O)NCCCCN2CCOCC2)c(F)c1. The van der Waals surface area contributed by atoms with Crippen molar-refractivity contribution in [2.75, 3.05) is 45.1 Å². The second-order valence-corrected chi connectivity index (χ2v) is 7.02. The zero-order valence-electron chi connectivity index (χ0n) is 14.6. The van der Waals surface area contributed by atoms with Crippen molar-refractivity contribution in [2.45, 2.75) is 24.7 Å². The van der Waals surface area contributed by atoms with Crippen molar-refractivity contribution in [1.29, 1.82) is 0 Å². The largest absolute Gasteiger partial charge is 0.379 e. The van der Waals surface area contributed by atoms with Crippen molar-refractivity contribution >= 4 is 23.5 Å². The number of hydrogen-bond donors (Lipinski definition) is 1. The van der Waals surface area contributed by atoms with Crippen molar-refractivity contribution in [3.8, 4) is 0 Å². The first-order chi connectivity index (χ1) is 12.1.